The summed E-state index contributed by atoms with van der Waals surface area (Å²) in [4.78, 5) is 24.3. The fourth-order valence-electron chi connectivity index (χ4n) is 3.44. The summed E-state index contributed by atoms with van der Waals surface area (Å²) in [5.74, 6) is -0.177. The lowest BCUT2D eigenvalue weighted by molar-refractivity contribution is -0.119. The van der Waals surface area contributed by atoms with Crippen LogP contribution in [0.1, 0.15) is 81.1 Å². The third-order valence-corrected chi connectivity index (χ3v) is 4.94. The molecule has 1 aliphatic rings. The zero-order valence-corrected chi connectivity index (χ0v) is 16.5. The highest BCUT2D eigenvalue weighted by molar-refractivity contribution is 6.47. The van der Waals surface area contributed by atoms with Crippen molar-refractivity contribution in [2.24, 2.45) is 0 Å². The number of carbonyl (C=O) groups excluding carboxylic acids is 2. The second kappa shape index (κ2) is 11.1. The molecule has 1 aliphatic heterocycles. The largest absolute Gasteiger partial charge is 0.535 e. The molecule has 0 amide bonds. The molecule has 2 rings (SSSR count). The smallest absolute Gasteiger partial charge is 0.526 e. The number of esters is 1. The van der Waals surface area contributed by atoms with Gasteiger partial charge in [-0.15, -0.1) is 0 Å². The van der Waals surface area contributed by atoms with E-state index in [1.54, 1.807) is 12.1 Å². The Hall–Kier alpha value is -1.82. The number of fused-ring (bicyclic) bond motifs is 1. The quantitative estimate of drug-likeness (QED) is 0.354. The van der Waals surface area contributed by atoms with E-state index in [1.807, 2.05) is 13.0 Å². The molecule has 1 heterocycles. The minimum absolute atomic E-state index is 0.132. The van der Waals surface area contributed by atoms with E-state index in [4.69, 9.17) is 9.39 Å². The number of hydrogen-bond acceptors (Lipinski definition) is 5. The molecule has 0 fully saturated rings. The monoisotopic (exact) mass is 374 g/mol. The standard InChI is InChI=1S/C21H31BO5/c1-3-5-6-7-8-13-26-21(24)19-12-9-11-16-14-17(15-18(23)10-4-2)22(25)27-20(16)19/h9,11-12,17,25H,3-8,10,13-15H2,1-2H3/t17-/m1/s1. The van der Waals surface area contributed by atoms with Gasteiger partial charge in [0, 0.05) is 18.7 Å². The van der Waals surface area contributed by atoms with Crippen molar-refractivity contribution in [2.75, 3.05) is 6.61 Å². The van der Waals surface area contributed by atoms with Gasteiger partial charge in [-0.2, -0.15) is 0 Å². The maximum Gasteiger partial charge on any atom is 0.526 e. The first-order valence-electron chi connectivity index (χ1n) is 10.2. The Morgan fingerprint density at radius 2 is 1.96 bits per heavy atom. The number of hydrogen-bond donors (Lipinski definition) is 1. The molecule has 0 aliphatic carbocycles. The molecule has 0 aromatic heterocycles. The number of Topliss-reactive ketones (excluding diaryl/α,β-unsaturated/α-hetero) is 1. The van der Waals surface area contributed by atoms with E-state index >= 15 is 0 Å². The molecule has 1 N–H and O–H groups in total. The first-order valence-corrected chi connectivity index (χ1v) is 10.2. The van der Waals surface area contributed by atoms with Crippen LogP contribution in [0.25, 0.3) is 0 Å². The number of ketones is 1. The van der Waals surface area contributed by atoms with E-state index in [0.29, 0.717) is 37.2 Å². The minimum atomic E-state index is -1.08. The van der Waals surface area contributed by atoms with Crippen LogP contribution in [0.15, 0.2) is 18.2 Å². The number of unbranched alkanes of at least 4 members (excludes halogenated alkanes) is 4. The van der Waals surface area contributed by atoms with Gasteiger partial charge in [-0.3, -0.25) is 4.79 Å². The van der Waals surface area contributed by atoms with Crippen molar-refractivity contribution in [3.8, 4) is 5.75 Å². The predicted molar refractivity (Wildman–Crippen MR) is 106 cm³/mol. The molecule has 1 atom stereocenters. The van der Waals surface area contributed by atoms with Gasteiger partial charge in [-0.1, -0.05) is 51.7 Å². The van der Waals surface area contributed by atoms with Crippen LogP contribution in [0.3, 0.4) is 0 Å². The van der Waals surface area contributed by atoms with Crippen molar-refractivity contribution in [1.82, 2.24) is 0 Å². The minimum Gasteiger partial charge on any atom is -0.535 e. The third kappa shape index (κ3) is 6.38. The Labute approximate surface area is 162 Å². The van der Waals surface area contributed by atoms with E-state index < -0.39 is 13.1 Å². The van der Waals surface area contributed by atoms with Crippen LogP contribution in [0.5, 0.6) is 5.75 Å². The van der Waals surface area contributed by atoms with Gasteiger partial charge in [0.25, 0.3) is 0 Å². The number of para-hydroxylation sites is 1. The molecule has 0 radical (unpaired) electrons. The predicted octanol–water partition coefficient (Wildman–Crippen LogP) is 4.36. The summed E-state index contributed by atoms with van der Waals surface area (Å²) >= 11 is 0. The molecule has 6 heteroatoms. The van der Waals surface area contributed by atoms with E-state index in [9.17, 15) is 14.6 Å². The highest BCUT2D eigenvalue weighted by Crippen LogP contribution is 2.36. The van der Waals surface area contributed by atoms with Crippen molar-refractivity contribution in [3.05, 3.63) is 29.3 Å². The molecule has 0 saturated carbocycles. The van der Waals surface area contributed by atoms with Gasteiger partial charge in [0.2, 0.25) is 0 Å². The van der Waals surface area contributed by atoms with E-state index in [0.717, 1.165) is 31.2 Å². The second-order valence-electron chi connectivity index (χ2n) is 7.31. The lowest BCUT2D eigenvalue weighted by Gasteiger charge is -2.28. The molecule has 27 heavy (non-hydrogen) atoms. The zero-order chi connectivity index (χ0) is 19.6. The summed E-state index contributed by atoms with van der Waals surface area (Å²) < 4.78 is 11.0. The van der Waals surface area contributed by atoms with Gasteiger partial charge in [0.1, 0.15) is 17.1 Å². The average Bonchev–Trinajstić information content (AvgIpc) is 2.64. The zero-order valence-electron chi connectivity index (χ0n) is 16.5. The van der Waals surface area contributed by atoms with Gasteiger partial charge in [-0.05, 0) is 30.9 Å². The summed E-state index contributed by atoms with van der Waals surface area (Å²) in [6, 6.07) is 5.33. The van der Waals surface area contributed by atoms with Gasteiger partial charge >= 0.3 is 13.1 Å². The molecule has 1 aromatic rings. The molecular weight excluding hydrogens is 343 g/mol. The molecule has 5 nitrogen and oxygen atoms in total. The van der Waals surface area contributed by atoms with Crippen molar-refractivity contribution >= 4 is 18.9 Å². The van der Waals surface area contributed by atoms with Crippen LogP contribution >= 0.6 is 0 Å². The van der Waals surface area contributed by atoms with Crippen molar-refractivity contribution in [1.29, 1.82) is 0 Å². The fraction of sp³-hybridized carbons (Fsp3) is 0.619. The van der Waals surface area contributed by atoms with Crippen LogP contribution in [0.4, 0.5) is 0 Å². The summed E-state index contributed by atoms with van der Waals surface area (Å²) in [7, 11) is -1.08. The number of rotatable bonds is 11. The van der Waals surface area contributed by atoms with Crippen LogP contribution in [0.2, 0.25) is 5.82 Å². The lowest BCUT2D eigenvalue weighted by atomic mass is 9.64. The van der Waals surface area contributed by atoms with Gasteiger partial charge < -0.3 is 14.4 Å². The van der Waals surface area contributed by atoms with Crippen molar-refractivity contribution in [3.63, 3.8) is 0 Å². The Bertz CT molecular complexity index is 631. The Morgan fingerprint density at radius 1 is 1.19 bits per heavy atom. The van der Waals surface area contributed by atoms with Crippen molar-refractivity contribution in [2.45, 2.75) is 77.5 Å². The summed E-state index contributed by atoms with van der Waals surface area (Å²) in [6.07, 6.45) is 7.57. The molecule has 0 spiro atoms. The van der Waals surface area contributed by atoms with Crippen LogP contribution in [-0.4, -0.2) is 30.5 Å². The first-order chi connectivity index (χ1) is 13.1. The SMILES string of the molecule is CCCCCCCOC(=O)c1cccc2c1OB(O)[C@@H](CC(=O)CCC)C2. The number of benzene rings is 1. The fourth-order valence-corrected chi connectivity index (χ4v) is 3.44. The molecular formula is C21H31BO5. The maximum absolute atomic E-state index is 12.4. The molecule has 1 aromatic carbocycles. The highest BCUT2D eigenvalue weighted by atomic mass is 16.5. The van der Waals surface area contributed by atoms with E-state index in [2.05, 4.69) is 6.92 Å². The maximum atomic E-state index is 12.4. The van der Waals surface area contributed by atoms with Crippen LogP contribution in [0, 0.1) is 0 Å². The second-order valence-corrected chi connectivity index (χ2v) is 7.31. The lowest BCUT2D eigenvalue weighted by Crippen LogP contribution is -2.35. The van der Waals surface area contributed by atoms with Crippen LogP contribution in [-0.2, 0) is 16.0 Å². The van der Waals surface area contributed by atoms with Crippen LogP contribution < -0.4 is 4.65 Å². The Kier molecular flexibility index (Phi) is 8.85. The van der Waals surface area contributed by atoms with Gasteiger partial charge in [0.15, 0.2) is 0 Å². The Balaban J connectivity index is 1.96. The van der Waals surface area contributed by atoms with E-state index in [-0.39, 0.29) is 11.6 Å². The molecule has 0 saturated heterocycles. The van der Waals surface area contributed by atoms with Gasteiger partial charge in [-0.25, -0.2) is 4.79 Å². The molecule has 148 valence electrons. The first kappa shape index (κ1) is 21.5. The summed E-state index contributed by atoms with van der Waals surface area (Å²) in [5, 5.41) is 10.3. The highest BCUT2D eigenvalue weighted by Gasteiger charge is 2.37. The third-order valence-electron chi connectivity index (χ3n) is 4.94. The van der Waals surface area contributed by atoms with Gasteiger partial charge in [0.05, 0.1) is 6.61 Å². The normalized spacial score (nSPS) is 15.8. The topological polar surface area (TPSA) is 72.8 Å². The number of carbonyl (C=O) groups is 2. The van der Waals surface area contributed by atoms with E-state index in [1.165, 1.54) is 12.8 Å². The summed E-state index contributed by atoms with van der Waals surface area (Å²) in [6.45, 7) is 4.52. The summed E-state index contributed by atoms with van der Waals surface area (Å²) in [5.41, 5.74) is 1.19. The Morgan fingerprint density at radius 3 is 2.70 bits per heavy atom. The molecule has 0 unspecified atom stereocenters. The number of ether oxygens (including phenoxy) is 1. The molecule has 0 bridgehead atoms. The van der Waals surface area contributed by atoms with Crippen molar-refractivity contribution < 1.29 is 24.0 Å². The average molecular weight is 374 g/mol.